The van der Waals surface area contributed by atoms with Crippen LogP contribution >= 0.6 is 0 Å². The number of hydrogen-bond donors (Lipinski definition) is 0. The molecule has 148 valence electrons. The van der Waals surface area contributed by atoms with E-state index in [1.807, 2.05) is 67.6 Å². The Morgan fingerprint density at radius 2 is 1.86 bits per heavy atom. The van der Waals surface area contributed by atoms with E-state index in [-0.39, 0.29) is 30.9 Å². The second-order valence-electron chi connectivity index (χ2n) is 7.19. The fourth-order valence-corrected chi connectivity index (χ4v) is 3.56. The first-order chi connectivity index (χ1) is 14.1. The zero-order valence-electron chi connectivity index (χ0n) is 16.2. The van der Waals surface area contributed by atoms with Crippen molar-refractivity contribution < 1.29 is 18.8 Å². The van der Waals surface area contributed by atoms with Gasteiger partial charge >= 0.3 is 5.97 Å². The quantitative estimate of drug-likeness (QED) is 0.595. The summed E-state index contributed by atoms with van der Waals surface area (Å²) in [6.07, 6.45) is 0.171. The molecule has 0 radical (unpaired) electrons. The molecule has 3 aromatic rings. The first-order valence-corrected chi connectivity index (χ1v) is 9.64. The van der Waals surface area contributed by atoms with Crippen LogP contribution in [0.15, 0.2) is 71.3 Å². The summed E-state index contributed by atoms with van der Waals surface area (Å²) in [4.78, 5) is 26.7. The maximum atomic E-state index is 12.5. The Hall–Kier alpha value is -3.41. The third-order valence-corrected chi connectivity index (χ3v) is 5.22. The maximum Gasteiger partial charge on any atom is 0.311 e. The molecule has 1 aliphatic rings. The standard InChI is InChI=1S/C23H22N2O4/c1-16(17-8-4-2-5-9-17)25-14-19(12-22(25)26)23(27)28-15-20-13-21(29-24-20)18-10-6-3-7-11-18/h2-11,13,16,19H,12,14-15H2,1H3/t16-,19-/m0/s1. The third kappa shape index (κ3) is 4.21. The highest BCUT2D eigenvalue weighted by molar-refractivity contribution is 5.87. The van der Waals surface area contributed by atoms with Crippen LogP contribution in [0.25, 0.3) is 11.3 Å². The van der Waals surface area contributed by atoms with E-state index in [1.165, 1.54) is 0 Å². The molecule has 2 aromatic carbocycles. The predicted octanol–water partition coefficient (Wildman–Crippen LogP) is 3.99. The van der Waals surface area contributed by atoms with E-state index in [0.29, 0.717) is 18.0 Å². The number of amides is 1. The van der Waals surface area contributed by atoms with Gasteiger partial charge in [-0.15, -0.1) is 0 Å². The highest BCUT2D eigenvalue weighted by Gasteiger charge is 2.38. The number of esters is 1. The number of rotatable bonds is 6. The number of likely N-dealkylation sites (tertiary alicyclic amines) is 1. The SMILES string of the molecule is C[C@@H](c1ccccc1)N1C[C@@H](C(=O)OCc2cc(-c3ccccc3)on2)CC1=O. The van der Waals surface area contributed by atoms with Gasteiger partial charge in [0.1, 0.15) is 12.3 Å². The largest absolute Gasteiger partial charge is 0.459 e. The summed E-state index contributed by atoms with van der Waals surface area (Å²) < 4.78 is 10.7. The molecule has 0 saturated carbocycles. The summed E-state index contributed by atoms with van der Waals surface area (Å²) in [5, 5.41) is 3.96. The van der Waals surface area contributed by atoms with Crippen molar-refractivity contribution in [2.45, 2.75) is 26.0 Å². The molecule has 1 saturated heterocycles. The molecule has 2 heterocycles. The number of benzene rings is 2. The first kappa shape index (κ1) is 18.9. The lowest BCUT2D eigenvalue weighted by Crippen LogP contribution is -2.29. The molecule has 1 amide bonds. The van der Waals surface area contributed by atoms with Crippen LogP contribution in [0.4, 0.5) is 0 Å². The van der Waals surface area contributed by atoms with E-state index in [4.69, 9.17) is 9.26 Å². The highest BCUT2D eigenvalue weighted by atomic mass is 16.5. The maximum absolute atomic E-state index is 12.5. The summed E-state index contributed by atoms with van der Waals surface area (Å²) in [6, 6.07) is 21.1. The van der Waals surface area contributed by atoms with Gasteiger partial charge in [-0.25, -0.2) is 0 Å². The summed E-state index contributed by atoms with van der Waals surface area (Å²) in [5.74, 6) is -0.258. The van der Waals surface area contributed by atoms with E-state index in [0.717, 1.165) is 11.1 Å². The van der Waals surface area contributed by atoms with Crippen molar-refractivity contribution in [1.29, 1.82) is 0 Å². The van der Waals surface area contributed by atoms with E-state index in [2.05, 4.69) is 5.16 Å². The topological polar surface area (TPSA) is 72.6 Å². The van der Waals surface area contributed by atoms with Gasteiger partial charge in [0.25, 0.3) is 0 Å². The zero-order chi connectivity index (χ0) is 20.2. The molecule has 0 aliphatic carbocycles. The van der Waals surface area contributed by atoms with Crippen molar-refractivity contribution in [2.24, 2.45) is 5.92 Å². The highest BCUT2D eigenvalue weighted by Crippen LogP contribution is 2.29. The Kier molecular flexibility index (Phi) is 5.42. The van der Waals surface area contributed by atoms with E-state index in [9.17, 15) is 9.59 Å². The molecule has 6 heteroatoms. The van der Waals surface area contributed by atoms with Gasteiger partial charge in [-0.1, -0.05) is 65.8 Å². The molecule has 1 fully saturated rings. The average Bonchev–Trinajstić information content (AvgIpc) is 3.40. The smallest absolute Gasteiger partial charge is 0.311 e. The first-order valence-electron chi connectivity index (χ1n) is 9.64. The van der Waals surface area contributed by atoms with Crippen molar-refractivity contribution in [3.8, 4) is 11.3 Å². The van der Waals surface area contributed by atoms with Gasteiger partial charge < -0.3 is 14.2 Å². The molecule has 0 unspecified atom stereocenters. The second-order valence-corrected chi connectivity index (χ2v) is 7.19. The van der Waals surface area contributed by atoms with Crippen LogP contribution in [-0.2, 0) is 20.9 Å². The monoisotopic (exact) mass is 390 g/mol. The van der Waals surface area contributed by atoms with Gasteiger partial charge in [0.15, 0.2) is 5.76 Å². The molecule has 2 atom stereocenters. The summed E-state index contributed by atoms with van der Waals surface area (Å²) in [6.45, 7) is 2.36. The van der Waals surface area contributed by atoms with Gasteiger partial charge in [-0.05, 0) is 12.5 Å². The lowest BCUT2D eigenvalue weighted by atomic mass is 10.1. The molecule has 0 bridgehead atoms. The molecule has 29 heavy (non-hydrogen) atoms. The molecule has 6 nitrogen and oxygen atoms in total. The van der Waals surface area contributed by atoms with Crippen LogP contribution in [0.1, 0.15) is 30.6 Å². The molecule has 0 N–H and O–H groups in total. The van der Waals surface area contributed by atoms with Crippen LogP contribution in [0.3, 0.4) is 0 Å². The van der Waals surface area contributed by atoms with Gasteiger partial charge in [-0.2, -0.15) is 0 Å². The van der Waals surface area contributed by atoms with Crippen LogP contribution < -0.4 is 0 Å². The van der Waals surface area contributed by atoms with Gasteiger partial charge in [0, 0.05) is 24.6 Å². The van der Waals surface area contributed by atoms with Crippen LogP contribution in [0.2, 0.25) is 0 Å². The number of nitrogens with zero attached hydrogens (tertiary/aromatic N) is 2. The zero-order valence-corrected chi connectivity index (χ0v) is 16.2. The van der Waals surface area contributed by atoms with Crippen molar-refractivity contribution >= 4 is 11.9 Å². The fourth-order valence-electron chi connectivity index (χ4n) is 3.56. The average molecular weight is 390 g/mol. The van der Waals surface area contributed by atoms with Crippen molar-refractivity contribution in [3.63, 3.8) is 0 Å². The number of hydrogen-bond acceptors (Lipinski definition) is 5. The Bertz CT molecular complexity index is 984. The van der Waals surface area contributed by atoms with Crippen LogP contribution in [0, 0.1) is 5.92 Å². The molecule has 1 aliphatic heterocycles. The Morgan fingerprint density at radius 1 is 1.17 bits per heavy atom. The summed E-state index contributed by atoms with van der Waals surface area (Å²) in [5.41, 5.74) is 2.49. The minimum Gasteiger partial charge on any atom is -0.459 e. The minimum atomic E-state index is -0.464. The Morgan fingerprint density at radius 3 is 2.59 bits per heavy atom. The van der Waals surface area contributed by atoms with Gasteiger partial charge in [0.2, 0.25) is 5.91 Å². The van der Waals surface area contributed by atoms with Crippen molar-refractivity contribution in [1.82, 2.24) is 10.1 Å². The number of carbonyl (C=O) groups excluding carboxylic acids is 2. The number of aromatic nitrogens is 1. The minimum absolute atomic E-state index is 0.0219. The third-order valence-electron chi connectivity index (χ3n) is 5.22. The molecular formula is C23H22N2O4. The molecule has 0 spiro atoms. The van der Waals surface area contributed by atoms with Gasteiger partial charge in [0.05, 0.1) is 12.0 Å². The fraction of sp³-hybridized carbons (Fsp3) is 0.261. The van der Waals surface area contributed by atoms with Gasteiger partial charge in [-0.3, -0.25) is 9.59 Å². The molecule has 1 aromatic heterocycles. The van der Waals surface area contributed by atoms with E-state index >= 15 is 0 Å². The van der Waals surface area contributed by atoms with Crippen molar-refractivity contribution in [3.05, 3.63) is 78.0 Å². The van der Waals surface area contributed by atoms with Crippen LogP contribution in [0.5, 0.6) is 0 Å². The molecule has 4 rings (SSSR count). The summed E-state index contributed by atoms with van der Waals surface area (Å²) in [7, 11) is 0. The summed E-state index contributed by atoms with van der Waals surface area (Å²) >= 11 is 0. The molecular weight excluding hydrogens is 368 g/mol. The number of carbonyl (C=O) groups is 2. The van der Waals surface area contributed by atoms with E-state index < -0.39 is 5.92 Å². The Balaban J connectivity index is 1.34. The normalized spacial score (nSPS) is 17.3. The van der Waals surface area contributed by atoms with Crippen molar-refractivity contribution in [2.75, 3.05) is 6.54 Å². The lowest BCUT2D eigenvalue weighted by Gasteiger charge is -2.25. The second kappa shape index (κ2) is 8.31. The number of ether oxygens (including phenoxy) is 1. The lowest BCUT2D eigenvalue weighted by molar-refractivity contribution is -0.149. The predicted molar refractivity (Wildman–Crippen MR) is 106 cm³/mol. The van der Waals surface area contributed by atoms with E-state index in [1.54, 1.807) is 11.0 Å². The van der Waals surface area contributed by atoms with Crippen LogP contribution in [-0.4, -0.2) is 28.5 Å². The Labute approximate surface area is 169 Å².